The van der Waals surface area contributed by atoms with Crippen LogP contribution in [0.25, 0.3) is 0 Å². The topological polar surface area (TPSA) is 118 Å². The number of nitrogens with two attached hydrogens (primary N) is 1. The van der Waals surface area contributed by atoms with E-state index in [9.17, 15) is 18.0 Å². The second kappa shape index (κ2) is 4.83. The van der Waals surface area contributed by atoms with Crippen LogP contribution in [0.1, 0.15) is 23.0 Å². The van der Waals surface area contributed by atoms with Crippen molar-refractivity contribution in [1.82, 2.24) is 4.31 Å². The van der Waals surface area contributed by atoms with Crippen LogP contribution in [-0.4, -0.2) is 42.8 Å². The Morgan fingerprint density at radius 3 is 2.65 bits per heavy atom. The molecule has 1 aliphatic heterocycles. The van der Waals surface area contributed by atoms with E-state index in [1.54, 1.807) is 6.92 Å². The normalized spacial score (nSPS) is 23.9. The van der Waals surface area contributed by atoms with Crippen molar-refractivity contribution in [2.45, 2.75) is 18.2 Å². The smallest absolute Gasteiger partial charge is 0.347 e. The number of carbonyl (C=O) groups excluding carboxylic acids is 1. The van der Waals surface area contributed by atoms with Gasteiger partial charge in [-0.25, -0.2) is 13.2 Å². The summed E-state index contributed by atoms with van der Waals surface area (Å²) in [6, 6.07) is 1.27. The molecule has 1 fully saturated rings. The van der Waals surface area contributed by atoms with Crippen LogP contribution in [0.3, 0.4) is 0 Å². The zero-order valence-corrected chi connectivity index (χ0v) is 12.3. The summed E-state index contributed by atoms with van der Waals surface area (Å²) in [4.78, 5) is 21.9. The van der Waals surface area contributed by atoms with Crippen molar-refractivity contribution in [2.75, 3.05) is 13.1 Å². The van der Waals surface area contributed by atoms with E-state index in [0.29, 0.717) is 6.42 Å². The number of amides is 1. The number of nitrogens with zero attached hydrogens (tertiary/aromatic N) is 1. The van der Waals surface area contributed by atoms with Crippen LogP contribution in [0.2, 0.25) is 0 Å². The summed E-state index contributed by atoms with van der Waals surface area (Å²) >= 11 is 0.853. The van der Waals surface area contributed by atoms with Crippen molar-refractivity contribution in [1.29, 1.82) is 0 Å². The van der Waals surface area contributed by atoms with Gasteiger partial charge in [-0.2, -0.15) is 4.31 Å². The van der Waals surface area contributed by atoms with Gasteiger partial charge in [0.05, 0.1) is 5.41 Å². The first-order valence-electron chi connectivity index (χ1n) is 5.79. The molecule has 1 amide bonds. The molecule has 1 saturated heterocycles. The molecule has 1 aromatic rings. The van der Waals surface area contributed by atoms with Gasteiger partial charge in [-0.1, -0.05) is 0 Å². The molecule has 9 heteroatoms. The summed E-state index contributed by atoms with van der Waals surface area (Å²) in [5.74, 6) is -1.84. The standard InChI is InChI=1S/C11H14N2O5S2/c1-11(10(12)16)3-4-13(6-11)20(17,18)7-2-5-19-8(7)9(14)15/h2,5H,3-4,6H2,1H3,(H2,12,16)(H,14,15). The number of hydrogen-bond donors (Lipinski definition) is 2. The van der Waals surface area contributed by atoms with E-state index in [-0.39, 0.29) is 22.9 Å². The molecular formula is C11H14N2O5S2. The molecule has 1 aromatic heterocycles. The van der Waals surface area contributed by atoms with Gasteiger partial charge in [0.2, 0.25) is 15.9 Å². The highest BCUT2D eigenvalue weighted by Gasteiger charge is 2.44. The summed E-state index contributed by atoms with van der Waals surface area (Å²) < 4.78 is 26.0. The Kier molecular flexibility index (Phi) is 3.61. The third-order valence-electron chi connectivity index (χ3n) is 3.47. The van der Waals surface area contributed by atoms with Crippen LogP contribution in [0.5, 0.6) is 0 Å². The molecular weight excluding hydrogens is 304 g/mol. The van der Waals surface area contributed by atoms with Gasteiger partial charge in [0.25, 0.3) is 0 Å². The number of carbonyl (C=O) groups is 2. The summed E-state index contributed by atoms with van der Waals surface area (Å²) in [5.41, 5.74) is 4.37. The molecule has 0 spiro atoms. The van der Waals surface area contributed by atoms with E-state index in [1.165, 1.54) is 11.4 Å². The fourth-order valence-electron chi connectivity index (χ4n) is 2.12. The molecule has 2 heterocycles. The predicted octanol–water partition coefficient (Wildman–Crippen LogP) is 0.332. The van der Waals surface area contributed by atoms with Crippen molar-refractivity contribution in [3.05, 3.63) is 16.3 Å². The summed E-state index contributed by atoms with van der Waals surface area (Å²) in [5, 5.41) is 10.4. The van der Waals surface area contributed by atoms with Crippen LogP contribution >= 0.6 is 11.3 Å². The predicted molar refractivity (Wildman–Crippen MR) is 72.0 cm³/mol. The monoisotopic (exact) mass is 318 g/mol. The summed E-state index contributed by atoms with van der Waals surface area (Å²) in [6.07, 6.45) is 0.327. The van der Waals surface area contributed by atoms with Crippen LogP contribution in [0.4, 0.5) is 0 Å². The summed E-state index contributed by atoms with van der Waals surface area (Å²) in [6.45, 7) is 1.73. The number of carboxylic acids is 1. The molecule has 7 nitrogen and oxygen atoms in total. The fraction of sp³-hybridized carbons (Fsp3) is 0.455. The van der Waals surface area contributed by atoms with Crippen LogP contribution in [-0.2, 0) is 14.8 Å². The Labute approximate surface area is 120 Å². The molecule has 0 saturated carbocycles. The fourth-order valence-corrected chi connectivity index (χ4v) is 4.92. The Bertz CT molecular complexity index is 666. The largest absolute Gasteiger partial charge is 0.477 e. The second-order valence-electron chi connectivity index (χ2n) is 4.93. The molecule has 3 N–H and O–H groups in total. The van der Waals surface area contributed by atoms with Crippen molar-refractivity contribution < 1.29 is 23.1 Å². The number of thiophene rings is 1. The van der Waals surface area contributed by atoms with Gasteiger partial charge in [0.15, 0.2) is 0 Å². The van der Waals surface area contributed by atoms with Crippen LogP contribution in [0.15, 0.2) is 16.3 Å². The lowest BCUT2D eigenvalue weighted by Crippen LogP contribution is -2.38. The van der Waals surface area contributed by atoms with Gasteiger partial charge >= 0.3 is 5.97 Å². The molecule has 1 atom stereocenters. The molecule has 0 aliphatic carbocycles. The molecule has 0 radical (unpaired) electrons. The summed E-state index contributed by atoms with van der Waals surface area (Å²) in [7, 11) is -3.92. The zero-order chi connectivity index (χ0) is 15.1. The maximum absolute atomic E-state index is 12.4. The van der Waals surface area contributed by atoms with Gasteiger partial charge < -0.3 is 10.8 Å². The number of primary amides is 1. The highest BCUT2D eigenvalue weighted by molar-refractivity contribution is 7.89. The minimum Gasteiger partial charge on any atom is -0.477 e. The van der Waals surface area contributed by atoms with Crippen molar-refractivity contribution >= 4 is 33.2 Å². The highest BCUT2D eigenvalue weighted by atomic mass is 32.2. The number of aromatic carboxylic acids is 1. The average molecular weight is 318 g/mol. The first kappa shape index (κ1) is 14.9. The van der Waals surface area contributed by atoms with Crippen molar-refractivity contribution in [2.24, 2.45) is 11.1 Å². The van der Waals surface area contributed by atoms with Crippen LogP contribution < -0.4 is 5.73 Å². The minimum absolute atomic E-state index is 0.0282. The molecule has 2 rings (SSSR count). The third-order valence-corrected chi connectivity index (χ3v) is 6.39. The first-order valence-corrected chi connectivity index (χ1v) is 8.11. The second-order valence-corrected chi connectivity index (χ2v) is 7.76. The van der Waals surface area contributed by atoms with Gasteiger partial charge in [-0.05, 0) is 24.8 Å². The average Bonchev–Trinajstić information content (AvgIpc) is 2.95. The number of sulfonamides is 1. The molecule has 0 bridgehead atoms. The Morgan fingerprint density at radius 2 is 2.15 bits per heavy atom. The zero-order valence-electron chi connectivity index (χ0n) is 10.7. The molecule has 110 valence electrons. The number of carboxylic acid groups (broad SMARTS) is 1. The SMILES string of the molecule is CC1(C(N)=O)CCN(S(=O)(=O)c2ccsc2C(=O)O)C1. The van der Waals surface area contributed by atoms with Crippen molar-refractivity contribution in [3.8, 4) is 0 Å². The Morgan fingerprint density at radius 1 is 1.50 bits per heavy atom. The van der Waals surface area contributed by atoms with E-state index in [0.717, 1.165) is 15.6 Å². The van der Waals surface area contributed by atoms with Gasteiger partial charge in [0.1, 0.15) is 9.77 Å². The molecule has 1 unspecified atom stereocenters. The highest BCUT2D eigenvalue weighted by Crippen LogP contribution is 2.34. The lowest BCUT2D eigenvalue weighted by atomic mass is 9.89. The van der Waals surface area contributed by atoms with E-state index >= 15 is 0 Å². The first-order chi connectivity index (χ1) is 9.18. The quantitative estimate of drug-likeness (QED) is 0.829. The molecule has 0 aromatic carbocycles. The minimum atomic E-state index is -3.92. The Hall–Kier alpha value is -1.45. The van der Waals surface area contributed by atoms with E-state index < -0.39 is 27.3 Å². The maximum Gasteiger partial charge on any atom is 0.347 e. The Balaban J connectivity index is 2.36. The lowest BCUT2D eigenvalue weighted by Gasteiger charge is -2.20. The molecule has 20 heavy (non-hydrogen) atoms. The molecule has 1 aliphatic rings. The number of hydrogen-bond acceptors (Lipinski definition) is 5. The third kappa shape index (κ3) is 2.32. The van der Waals surface area contributed by atoms with Crippen LogP contribution in [0, 0.1) is 5.41 Å². The van der Waals surface area contributed by atoms with Gasteiger partial charge in [-0.3, -0.25) is 4.79 Å². The number of rotatable bonds is 4. The van der Waals surface area contributed by atoms with Gasteiger partial charge in [0, 0.05) is 13.1 Å². The van der Waals surface area contributed by atoms with Crippen molar-refractivity contribution in [3.63, 3.8) is 0 Å². The maximum atomic E-state index is 12.4. The van der Waals surface area contributed by atoms with Gasteiger partial charge in [-0.15, -0.1) is 11.3 Å². The lowest BCUT2D eigenvalue weighted by molar-refractivity contribution is -0.126. The van der Waals surface area contributed by atoms with E-state index in [2.05, 4.69) is 0 Å². The van der Waals surface area contributed by atoms with E-state index in [1.807, 2.05) is 0 Å². The van der Waals surface area contributed by atoms with E-state index in [4.69, 9.17) is 10.8 Å².